The van der Waals surface area contributed by atoms with Gasteiger partial charge in [-0.2, -0.15) is 0 Å². The van der Waals surface area contributed by atoms with Crippen LogP contribution in [0.2, 0.25) is 5.15 Å². The van der Waals surface area contributed by atoms with Gasteiger partial charge in [-0.1, -0.05) is 24.6 Å². The molecule has 6 nitrogen and oxygen atoms in total. The number of aromatic nitrogens is 1. The summed E-state index contributed by atoms with van der Waals surface area (Å²) < 4.78 is 0. The van der Waals surface area contributed by atoms with Crippen LogP contribution in [0, 0.1) is 0 Å². The summed E-state index contributed by atoms with van der Waals surface area (Å²) >= 11 is 5.79. The van der Waals surface area contributed by atoms with Gasteiger partial charge in [-0.25, -0.2) is 4.98 Å². The lowest BCUT2D eigenvalue weighted by atomic mass is 10.2. The molecule has 1 aromatic heterocycles. The quantitative estimate of drug-likeness (QED) is 0.285. The fourth-order valence-corrected chi connectivity index (χ4v) is 2.80. The van der Waals surface area contributed by atoms with Gasteiger partial charge in [0, 0.05) is 44.8 Å². The van der Waals surface area contributed by atoms with Crippen LogP contribution in [0.4, 0.5) is 0 Å². The van der Waals surface area contributed by atoms with E-state index < -0.39 is 0 Å². The van der Waals surface area contributed by atoms with Gasteiger partial charge in [0.2, 0.25) is 5.91 Å². The molecule has 2 N–H and O–H groups in total. The number of hydrogen-bond donors (Lipinski definition) is 2. The molecule has 0 aliphatic carbocycles. The van der Waals surface area contributed by atoms with E-state index in [1.54, 1.807) is 12.3 Å². The zero-order valence-electron chi connectivity index (χ0n) is 14.8. The molecule has 1 aliphatic rings. The Morgan fingerprint density at radius 2 is 2.24 bits per heavy atom. The first kappa shape index (κ1) is 22.0. The van der Waals surface area contributed by atoms with Crippen molar-refractivity contribution in [1.82, 2.24) is 20.5 Å². The zero-order chi connectivity index (χ0) is 17.4. The van der Waals surface area contributed by atoms with E-state index in [0.717, 1.165) is 44.0 Å². The minimum absolute atomic E-state index is 0. The molecule has 0 bridgehead atoms. The monoisotopic (exact) mass is 479 g/mol. The van der Waals surface area contributed by atoms with Crippen molar-refractivity contribution in [2.45, 2.75) is 39.2 Å². The molecule has 2 rings (SSSR count). The molecule has 0 radical (unpaired) electrons. The fraction of sp³-hybridized carbons (Fsp3) is 0.588. The number of rotatable bonds is 6. The van der Waals surface area contributed by atoms with E-state index >= 15 is 0 Å². The van der Waals surface area contributed by atoms with Crippen LogP contribution in [0.15, 0.2) is 23.3 Å². The van der Waals surface area contributed by atoms with Crippen molar-refractivity contribution in [1.29, 1.82) is 0 Å². The Bertz CT molecular complexity index is 567. The number of aliphatic imine (C=N–C) groups is 1. The molecule has 2 heterocycles. The van der Waals surface area contributed by atoms with Gasteiger partial charge < -0.3 is 15.5 Å². The van der Waals surface area contributed by atoms with E-state index in [1.165, 1.54) is 0 Å². The van der Waals surface area contributed by atoms with Crippen molar-refractivity contribution in [3.8, 4) is 0 Å². The van der Waals surface area contributed by atoms with Crippen LogP contribution in [0.5, 0.6) is 0 Å². The third-order valence-electron chi connectivity index (χ3n) is 3.99. The van der Waals surface area contributed by atoms with E-state index in [4.69, 9.17) is 11.6 Å². The molecule has 0 aromatic carbocycles. The lowest BCUT2D eigenvalue weighted by molar-refractivity contribution is -0.129. The molecule has 1 unspecified atom stereocenters. The van der Waals surface area contributed by atoms with Crippen molar-refractivity contribution in [2.75, 3.05) is 26.2 Å². The highest BCUT2D eigenvalue weighted by Crippen LogP contribution is 2.10. The highest BCUT2D eigenvalue weighted by Gasteiger charge is 2.25. The first-order valence-electron chi connectivity index (χ1n) is 8.55. The van der Waals surface area contributed by atoms with Crippen LogP contribution < -0.4 is 10.6 Å². The van der Waals surface area contributed by atoms with Crippen molar-refractivity contribution in [3.05, 3.63) is 29.0 Å². The lowest BCUT2D eigenvalue weighted by Crippen LogP contribution is -2.45. The summed E-state index contributed by atoms with van der Waals surface area (Å²) in [6.45, 7) is 6.99. The molecule has 1 amide bonds. The van der Waals surface area contributed by atoms with Crippen molar-refractivity contribution < 1.29 is 4.79 Å². The topological polar surface area (TPSA) is 69.6 Å². The minimum Gasteiger partial charge on any atom is -0.357 e. The molecule has 1 atom stereocenters. The van der Waals surface area contributed by atoms with Crippen molar-refractivity contribution in [3.63, 3.8) is 0 Å². The van der Waals surface area contributed by atoms with Gasteiger partial charge in [0.1, 0.15) is 5.15 Å². The summed E-state index contributed by atoms with van der Waals surface area (Å²) in [5.41, 5.74) is 1.11. The van der Waals surface area contributed by atoms with Crippen LogP contribution in [0.1, 0.15) is 32.3 Å². The number of hydrogen-bond acceptors (Lipinski definition) is 3. The summed E-state index contributed by atoms with van der Waals surface area (Å²) in [5, 5.41) is 7.20. The van der Waals surface area contributed by atoms with Gasteiger partial charge in [-0.3, -0.25) is 9.79 Å². The predicted octanol–water partition coefficient (Wildman–Crippen LogP) is 2.46. The van der Waals surface area contributed by atoms with Crippen LogP contribution in [0.3, 0.4) is 0 Å². The van der Waals surface area contributed by atoms with Gasteiger partial charge in [0.15, 0.2) is 5.96 Å². The highest BCUT2D eigenvalue weighted by molar-refractivity contribution is 14.0. The number of pyridine rings is 1. The zero-order valence-corrected chi connectivity index (χ0v) is 17.9. The summed E-state index contributed by atoms with van der Waals surface area (Å²) in [7, 11) is 0. The molecule has 8 heteroatoms. The number of nitrogens with one attached hydrogen (secondary N) is 2. The van der Waals surface area contributed by atoms with E-state index in [1.807, 2.05) is 24.8 Å². The maximum absolute atomic E-state index is 11.8. The standard InChI is InChI=1S/C17H26ClN5O.HI/c1-3-16(24)23-10-8-14(12-23)22-17(19-4-2)20-9-7-13-5-6-15(18)21-11-13;/h5-6,11,14H,3-4,7-10,12H2,1-2H3,(H2,19,20,22);1H. The van der Waals surface area contributed by atoms with Gasteiger partial charge in [-0.15, -0.1) is 24.0 Å². The highest BCUT2D eigenvalue weighted by atomic mass is 127. The second-order valence-corrected chi connectivity index (χ2v) is 6.21. The molecule has 1 aromatic rings. The first-order chi connectivity index (χ1) is 11.6. The van der Waals surface area contributed by atoms with E-state index in [0.29, 0.717) is 18.1 Å². The Kier molecular flexibility index (Phi) is 10.1. The molecule has 0 saturated carbocycles. The second kappa shape index (κ2) is 11.5. The Morgan fingerprint density at radius 1 is 1.44 bits per heavy atom. The van der Waals surface area contributed by atoms with Crippen LogP contribution in [-0.4, -0.2) is 54.0 Å². The number of carbonyl (C=O) groups excluding carboxylic acids is 1. The Hall–Kier alpha value is -1.09. The summed E-state index contributed by atoms with van der Waals surface area (Å²) in [5.74, 6) is 1.02. The minimum atomic E-state index is 0. The number of nitrogens with zero attached hydrogens (tertiary/aromatic N) is 3. The molecule has 140 valence electrons. The lowest BCUT2D eigenvalue weighted by Gasteiger charge is -2.18. The third kappa shape index (κ3) is 7.35. The Labute approximate surface area is 171 Å². The van der Waals surface area contributed by atoms with Crippen LogP contribution >= 0.6 is 35.6 Å². The normalized spacial score (nSPS) is 17.2. The summed E-state index contributed by atoms with van der Waals surface area (Å²) in [6, 6.07) is 4.02. The summed E-state index contributed by atoms with van der Waals surface area (Å²) in [6.07, 6.45) is 4.11. The van der Waals surface area contributed by atoms with Crippen LogP contribution in [-0.2, 0) is 11.2 Å². The fourth-order valence-electron chi connectivity index (χ4n) is 2.69. The molecule has 1 aliphatic heterocycles. The molecule has 1 saturated heterocycles. The maximum atomic E-state index is 11.8. The molecule has 25 heavy (non-hydrogen) atoms. The number of halogens is 2. The smallest absolute Gasteiger partial charge is 0.222 e. The average Bonchev–Trinajstić information content (AvgIpc) is 3.04. The third-order valence-corrected chi connectivity index (χ3v) is 4.21. The number of likely N-dealkylation sites (tertiary alicyclic amines) is 1. The molecular weight excluding hydrogens is 453 g/mol. The maximum Gasteiger partial charge on any atom is 0.222 e. The van der Waals surface area contributed by atoms with E-state index in [9.17, 15) is 4.79 Å². The van der Waals surface area contributed by atoms with Crippen molar-refractivity contribution in [2.24, 2.45) is 4.99 Å². The molecular formula is C17H27ClIN5O. The van der Waals surface area contributed by atoms with Crippen LogP contribution in [0.25, 0.3) is 0 Å². The summed E-state index contributed by atoms with van der Waals surface area (Å²) in [4.78, 5) is 22.4. The largest absolute Gasteiger partial charge is 0.357 e. The van der Waals surface area contributed by atoms with Crippen molar-refractivity contribution >= 4 is 47.4 Å². The predicted molar refractivity (Wildman–Crippen MR) is 113 cm³/mol. The number of carbonyl (C=O) groups is 1. The van der Waals surface area contributed by atoms with Gasteiger partial charge >= 0.3 is 0 Å². The first-order valence-corrected chi connectivity index (χ1v) is 8.93. The Morgan fingerprint density at radius 3 is 2.88 bits per heavy atom. The second-order valence-electron chi connectivity index (χ2n) is 5.82. The average molecular weight is 480 g/mol. The van der Waals surface area contributed by atoms with Gasteiger partial charge in [0.05, 0.1) is 0 Å². The van der Waals surface area contributed by atoms with Gasteiger partial charge in [-0.05, 0) is 31.4 Å². The van der Waals surface area contributed by atoms with E-state index in [-0.39, 0.29) is 35.9 Å². The number of guanidine groups is 1. The Balaban J connectivity index is 0.00000312. The van der Waals surface area contributed by atoms with E-state index in [2.05, 4.69) is 20.6 Å². The van der Waals surface area contributed by atoms with Gasteiger partial charge in [0.25, 0.3) is 0 Å². The number of amides is 1. The SMILES string of the molecule is CCNC(=NCCc1ccc(Cl)nc1)NC1CCN(C(=O)CC)C1.I. The molecule has 0 spiro atoms. The molecule has 1 fully saturated rings.